The lowest BCUT2D eigenvalue weighted by Gasteiger charge is -2.21. The van der Waals surface area contributed by atoms with E-state index in [1.807, 2.05) is 36.8 Å². The van der Waals surface area contributed by atoms with Gasteiger partial charge in [-0.2, -0.15) is 5.10 Å². The van der Waals surface area contributed by atoms with Crippen LogP contribution < -0.4 is 14.2 Å². The fourth-order valence-corrected chi connectivity index (χ4v) is 5.27. The van der Waals surface area contributed by atoms with E-state index in [1.165, 1.54) is 22.9 Å². The van der Waals surface area contributed by atoms with Gasteiger partial charge in [-0.1, -0.05) is 0 Å². The Morgan fingerprint density at radius 1 is 0.861 bits per heavy atom. The van der Waals surface area contributed by atoms with Crippen LogP contribution in [0.1, 0.15) is 35.4 Å². The average Bonchev–Trinajstić information content (AvgIpc) is 3.41. The molecule has 0 saturated heterocycles. The normalized spacial score (nSPS) is 13.1. The number of hydrogen-bond donors (Lipinski definition) is 1. The average molecular weight is 482 g/mol. The van der Waals surface area contributed by atoms with E-state index in [9.17, 15) is 0 Å². The number of hydrogen-bond acceptors (Lipinski definition) is 7. The summed E-state index contributed by atoms with van der Waals surface area (Å²) in [6.45, 7) is 0. The molecule has 0 atom stereocenters. The predicted octanol–water partition coefficient (Wildman–Crippen LogP) is 5.06. The minimum Gasteiger partial charge on any atom is -0.493 e. The molecule has 0 aliphatic heterocycles. The summed E-state index contributed by atoms with van der Waals surface area (Å²) in [5, 5.41) is 9.71. The van der Waals surface area contributed by atoms with Crippen molar-refractivity contribution in [2.45, 2.75) is 32.1 Å². The van der Waals surface area contributed by atoms with E-state index in [0.717, 1.165) is 52.5 Å². The Morgan fingerprint density at radius 3 is 2.28 bits per heavy atom. The van der Waals surface area contributed by atoms with Gasteiger partial charge in [0.25, 0.3) is 0 Å². The molecule has 3 aromatic heterocycles. The van der Waals surface area contributed by atoms with Crippen LogP contribution in [-0.2, 0) is 19.3 Å². The highest BCUT2D eigenvalue weighted by atomic mass is 16.5. The van der Waals surface area contributed by atoms with E-state index in [2.05, 4.69) is 16.3 Å². The SMILES string of the molecule is COc1cc(Cc2ncc(-c3nc4ccc5[nH]ncc5c4c4c3CCCC4)cn2)cc(OC)c1OC. The Balaban J connectivity index is 1.38. The van der Waals surface area contributed by atoms with Crippen LogP contribution in [-0.4, -0.2) is 46.5 Å². The van der Waals surface area contributed by atoms with Crippen molar-refractivity contribution in [3.05, 3.63) is 65.4 Å². The van der Waals surface area contributed by atoms with E-state index in [1.54, 1.807) is 21.3 Å². The van der Waals surface area contributed by atoms with Crippen LogP contribution in [0.25, 0.3) is 33.1 Å². The van der Waals surface area contributed by atoms with Crippen LogP contribution in [0.4, 0.5) is 0 Å². The lowest BCUT2D eigenvalue weighted by atomic mass is 9.86. The maximum Gasteiger partial charge on any atom is 0.203 e. The molecular weight excluding hydrogens is 454 g/mol. The summed E-state index contributed by atoms with van der Waals surface area (Å²) in [6.07, 6.45) is 10.6. The van der Waals surface area contributed by atoms with E-state index >= 15 is 0 Å². The van der Waals surface area contributed by atoms with Crippen LogP contribution >= 0.6 is 0 Å². The third-order valence-corrected chi connectivity index (χ3v) is 6.96. The summed E-state index contributed by atoms with van der Waals surface area (Å²) in [6, 6.07) is 7.98. The van der Waals surface area contributed by atoms with Gasteiger partial charge in [0.05, 0.1) is 44.3 Å². The molecule has 5 aromatic rings. The summed E-state index contributed by atoms with van der Waals surface area (Å²) in [7, 11) is 4.82. The number of methoxy groups -OCH3 is 3. The lowest BCUT2D eigenvalue weighted by Crippen LogP contribution is -2.08. The van der Waals surface area contributed by atoms with E-state index in [-0.39, 0.29) is 0 Å². The first-order valence-electron chi connectivity index (χ1n) is 12.1. The van der Waals surface area contributed by atoms with E-state index < -0.39 is 0 Å². The number of aryl methyl sites for hydroxylation is 1. The van der Waals surface area contributed by atoms with Gasteiger partial charge in [0.2, 0.25) is 5.75 Å². The van der Waals surface area contributed by atoms with Crippen molar-refractivity contribution in [1.82, 2.24) is 25.1 Å². The highest BCUT2D eigenvalue weighted by Gasteiger charge is 2.22. The molecule has 0 bridgehead atoms. The summed E-state index contributed by atoms with van der Waals surface area (Å²) < 4.78 is 16.4. The zero-order chi connectivity index (χ0) is 24.6. The fourth-order valence-electron chi connectivity index (χ4n) is 5.27. The number of nitrogens with zero attached hydrogens (tertiary/aromatic N) is 4. The number of aromatic nitrogens is 5. The van der Waals surface area contributed by atoms with Crippen molar-refractivity contribution in [2.24, 2.45) is 0 Å². The molecule has 0 amide bonds. The molecule has 3 heterocycles. The maximum absolute atomic E-state index is 5.48. The Bertz CT molecular complexity index is 1550. The topological polar surface area (TPSA) is 95.0 Å². The van der Waals surface area contributed by atoms with E-state index in [4.69, 9.17) is 29.2 Å². The van der Waals surface area contributed by atoms with Crippen molar-refractivity contribution < 1.29 is 14.2 Å². The van der Waals surface area contributed by atoms with Gasteiger partial charge in [0.15, 0.2) is 11.5 Å². The number of nitrogens with one attached hydrogen (secondary N) is 1. The largest absolute Gasteiger partial charge is 0.493 e. The molecule has 1 aliphatic carbocycles. The number of H-pyrrole nitrogens is 1. The van der Waals surface area contributed by atoms with Gasteiger partial charge in [-0.25, -0.2) is 15.0 Å². The number of ether oxygens (including phenoxy) is 3. The number of rotatable bonds is 6. The minimum atomic E-state index is 0.540. The first-order chi connectivity index (χ1) is 17.7. The van der Waals surface area contributed by atoms with Gasteiger partial charge < -0.3 is 14.2 Å². The van der Waals surface area contributed by atoms with Crippen LogP contribution in [0, 0.1) is 0 Å². The standard InChI is InChI=1S/C28H27N5O3/c1-34-23-10-16(11-24(35-2)28(23)36-3)12-25-29-13-17(14-30-25)27-19-7-5-4-6-18(19)26-20-15-31-33-21(20)8-9-22(26)32-27/h8-11,13-15H,4-7,12H2,1-3H3,(H,31,33). The molecule has 8 nitrogen and oxygen atoms in total. The number of fused-ring (bicyclic) bond motifs is 5. The molecule has 2 aromatic carbocycles. The molecular formula is C28H27N5O3. The van der Waals surface area contributed by atoms with E-state index in [0.29, 0.717) is 29.5 Å². The predicted molar refractivity (Wildman–Crippen MR) is 138 cm³/mol. The second-order valence-corrected chi connectivity index (χ2v) is 9.01. The molecule has 0 radical (unpaired) electrons. The molecule has 0 spiro atoms. The Kier molecular flexibility index (Phi) is 5.64. The molecule has 36 heavy (non-hydrogen) atoms. The monoisotopic (exact) mass is 481 g/mol. The molecule has 1 N–H and O–H groups in total. The molecule has 8 heteroatoms. The molecule has 6 rings (SSSR count). The first kappa shape index (κ1) is 22.3. The van der Waals surface area contributed by atoms with Crippen LogP contribution in [0.2, 0.25) is 0 Å². The molecule has 0 unspecified atom stereocenters. The van der Waals surface area contributed by atoms with Crippen LogP contribution in [0.5, 0.6) is 17.2 Å². The highest BCUT2D eigenvalue weighted by molar-refractivity contribution is 6.07. The summed E-state index contributed by atoms with van der Waals surface area (Å²) >= 11 is 0. The van der Waals surface area contributed by atoms with Crippen molar-refractivity contribution in [3.8, 4) is 28.5 Å². The highest BCUT2D eigenvalue weighted by Crippen LogP contribution is 2.39. The summed E-state index contributed by atoms with van der Waals surface area (Å²) in [4.78, 5) is 14.5. The molecule has 0 saturated carbocycles. The van der Waals surface area contributed by atoms with Crippen molar-refractivity contribution in [2.75, 3.05) is 21.3 Å². The quantitative estimate of drug-likeness (QED) is 0.362. The second-order valence-electron chi connectivity index (χ2n) is 9.01. The lowest BCUT2D eigenvalue weighted by molar-refractivity contribution is 0.324. The Labute approximate surface area is 208 Å². The van der Waals surface area contributed by atoms with Gasteiger partial charge in [0, 0.05) is 35.2 Å². The molecule has 182 valence electrons. The fraction of sp³-hybridized carbons (Fsp3) is 0.286. The number of benzene rings is 2. The van der Waals surface area contributed by atoms with Crippen molar-refractivity contribution >= 4 is 21.8 Å². The van der Waals surface area contributed by atoms with Gasteiger partial charge in [-0.15, -0.1) is 0 Å². The zero-order valence-corrected chi connectivity index (χ0v) is 20.6. The van der Waals surface area contributed by atoms with Crippen molar-refractivity contribution in [1.29, 1.82) is 0 Å². The number of pyridine rings is 1. The third kappa shape index (κ3) is 3.69. The Morgan fingerprint density at radius 2 is 1.58 bits per heavy atom. The maximum atomic E-state index is 5.48. The molecule has 0 fully saturated rings. The van der Waals surface area contributed by atoms with Gasteiger partial charge in [0.1, 0.15) is 5.82 Å². The summed E-state index contributed by atoms with van der Waals surface area (Å²) in [5.74, 6) is 2.51. The Hall–Kier alpha value is -4.20. The van der Waals surface area contributed by atoms with Gasteiger partial charge >= 0.3 is 0 Å². The number of aromatic amines is 1. The zero-order valence-electron chi connectivity index (χ0n) is 20.6. The third-order valence-electron chi connectivity index (χ3n) is 6.96. The summed E-state index contributed by atoms with van der Waals surface area (Å²) in [5.41, 5.74) is 7.63. The van der Waals surface area contributed by atoms with Crippen LogP contribution in [0.15, 0.2) is 42.9 Å². The van der Waals surface area contributed by atoms with Gasteiger partial charge in [-0.3, -0.25) is 5.10 Å². The minimum absolute atomic E-state index is 0.540. The van der Waals surface area contributed by atoms with Crippen molar-refractivity contribution in [3.63, 3.8) is 0 Å². The van der Waals surface area contributed by atoms with Crippen LogP contribution in [0.3, 0.4) is 0 Å². The smallest absolute Gasteiger partial charge is 0.203 e. The molecule has 1 aliphatic rings. The second kappa shape index (κ2) is 9.11. The van der Waals surface area contributed by atoms with Gasteiger partial charge in [-0.05, 0) is 66.6 Å². The first-order valence-corrected chi connectivity index (χ1v) is 12.1.